The van der Waals surface area contributed by atoms with Crippen LogP contribution in [0.15, 0.2) is 96.1 Å². The fourth-order valence-corrected chi connectivity index (χ4v) is 2.74. The van der Waals surface area contributed by atoms with Gasteiger partial charge in [-0.05, 0) is 12.1 Å². The first-order valence-electron chi connectivity index (χ1n) is 8.86. The van der Waals surface area contributed by atoms with Crippen LogP contribution < -0.4 is 5.43 Å². The third-order valence-corrected chi connectivity index (χ3v) is 4.15. The Kier molecular flexibility index (Phi) is 5.06. The zero-order valence-corrected chi connectivity index (χ0v) is 15.0. The minimum Gasteiger partial charge on any atom is -0.507 e. The zero-order chi connectivity index (χ0) is 19.2. The summed E-state index contributed by atoms with van der Waals surface area (Å²) in [7, 11) is 0. The Morgan fingerprint density at radius 2 is 1.39 bits per heavy atom. The van der Waals surface area contributed by atoms with Gasteiger partial charge in [0.2, 0.25) is 0 Å². The fourth-order valence-electron chi connectivity index (χ4n) is 2.74. The van der Waals surface area contributed by atoms with Gasteiger partial charge in [0.15, 0.2) is 11.6 Å². The molecule has 0 amide bonds. The lowest BCUT2D eigenvalue weighted by molar-refractivity contribution is 0.474. The molecule has 5 heteroatoms. The third-order valence-electron chi connectivity index (χ3n) is 4.15. The van der Waals surface area contributed by atoms with E-state index in [2.05, 4.69) is 15.5 Å². The summed E-state index contributed by atoms with van der Waals surface area (Å²) in [5.41, 5.74) is 6.29. The summed E-state index contributed by atoms with van der Waals surface area (Å²) in [5.74, 6) is 1.35. The number of hydrogen-bond acceptors (Lipinski definition) is 5. The van der Waals surface area contributed by atoms with Crippen LogP contribution in [0.3, 0.4) is 0 Å². The molecular formula is C23H18N4O. The summed E-state index contributed by atoms with van der Waals surface area (Å²) < 4.78 is 0. The number of phenols is 1. The first kappa shape index (κ1) is 17.4. The SMILES string of the molecule is Oc1ccccc1/C=N/Nc1cc(-c2ccccc2)nc(-c2ccccc2)n1. The molecule has 28 heavy (non-hydrogen) atoms. The van der Waals surface area contributed by atoms with Gasteiger partial charge >= 0.3 is 0 Å². The molecule has 0 aliphatic heterocycles. The first-order chi connectivity index (χ1) is 13.8. The van der Waals surface area contributed by atoms with Crippen molar-refractivity contribution >= 4 is 12.0 Å². The van der Waals surface area contributed by atoms with Crippen molar-refractivity contribution in [2.75, 3.05) is 5.43 Å². The molecule has 2 N–H and O–H groups in total. The highest BCUT2D eigenvalue weighted by molar-refractivity contribution is 5.83. The minimum atomic E-state index is 0.172. The van der Waals surface area contributed by atoms with Gasteiger partial charge in [-0.1, -0.05) is 72.8 Å². The Hall–Kier alpha value is -3.99. The molecule has 0 atom stereocenters. The van der Waals surface area contributed by atoms with E-state index in [9.17, 15) is 5.11 Å². The largest absolute Gasteiger partial charge is 0.507 e. The van der Waals surface area contributed by atoms with E-state index in [4.69, 9.17) is 4.98 Å². The van der Waals surface area contributed by atoms with Crippen LogP contribution in [0.2, 0.25) is 0 Å². The topological polar surface area (TPSA) is 70.4 Å². The molecular weight excluding hydrogens is 348 g/mol. The van der Waals surface area contributed by atoms with Crippen molar-refractivity contribution in [1.29, 1.82) is 0 Å². The number of aromatic nitrogens is 2. The van der Waals surface area contributed by atoms with Gasteiger partial charge in [0.1, 0.15) is 5.75 Å². The van der Waals surface area contributed by atoms with Crippen LogP contribution in [0.25, 0.3) is 22.6 Å². The molecule has 0 saturated heterocycles. The predicted octanol–water partition coefficient (Wildman–Crippen LogP) is 4.96. The molecule has 4 aromatic rings. The highest BCUT2D eigenvalue weighted by Crippen LogP contribution is 2.24. The van der Waals surface area contributed by atoms with Crippen molar-refractivity contribution in [3.8, 4) is 28.4 Å². The number of hydrazone groups is 1. The van der Waals surface area contributed by atoms with Gasteiger partial charge in [0.05, 0.1) is 11.9 Å². The van der Waals surface area contributed by atoms with Crippen molar-refractivity contribution in [3.05, 3.63) is 96.6 Å². The van der Waals surface area contributed by atoms with Crippen LogP contribution in [0.1, 0.15) is 5.56 Å². The molecule has 0 aliphatic rings. The molecule has 3 aromatic carbocycles. The van der Waals surface area contributed by atoms with Crippen LogP contribution in [0, 0.1) is 0 Å². The number of benzene rings is 3. The van der Waals surface area contributed by atoms with Crippen molar-refractivity contribution in [3.63, 3.8) is 0 Å². The van der Waals surface area contributed by atoms with Gasteiger partial charge in [-0.25, -0.2) is 9.97 Å². The molecule has 0 bridgehead atoms. The number of anilines is 1. The molecule has 0 saturated carbocycles. The fraction of sp³-hybridized carbons (Fsp3) is 0. The second-order valence-corrected chi connectivity index (χ2v) is 6.12. The van der Waals surface area contributed by atoms with E-state index < -0.39 is 0 Å². The molecule has 0 fully saturated rings. The zero-order valence-electron chi connectivity index (χ0n) is 15.0. The Balaban J connectivity index is 1.69. The second-order valence-electron chi connectivity index (χ2n) is 6.12. The van der Waals surface area contributed by atoms with Crippen molar-refractivity contribution in [2.24, 2.45) is 5.10 Å². The van der Waals surface area contributed by atoms with Gasteiger partial charge in [-0.15, -0.1) is 0 Å². The molecule has 1 heterocycles. The summed E-state index contributed by atoms with van der Waals surface area (Å²) in [4.78, 5) is 9.30. The highest BCUT2D eigenvalue weighted by Gasteiger charge is 2.08. The Bertz CT molecular complexity index is 1040. The molecule has 136 valence electrons. The minimum absolute atomic E-state index is 0.172. The lowest BCUT2D eigenvalue weighted by Crippen LogP contribution is -1.99. The van der Waals surface area contributed by atoms with E-state index in [1.165, 1.54) is 0 Å². The maximum atomic E-state index is 9.85. The smallest absolute Gasteiger partial charge is 0.162 e. The summed E-state index contributed by atoms with van der Waals surface area (Å²) in [5, 5.41) is 14.1. The maximum Gasteiger partial charge on any atom is 0.162 e. The van der Waals surface area contributed by atoms with Gasteiger partial charge in [-0.3, -0.25) is 5.43 Å². The lowest BCUT2D eigenvalue weighted by Gasteiger charge is -2.08. The van der Waals surface area contributed by atoms with Gasteiger partial charge < -0.3 is 5.11 Å². The number of phenolic OH excluding ortho intramolecular Hbond substituents is 1. The van der Waals surface area contributed by atoms with E-state index in [-0.39, 0.29) is 5.75 Å². The van der Waals surface area contributed by atoms with Crippen LogP contribution >= 0.6 is 0 Å². The van der Waals surface area contributed by atoms with E-state index in [0.717, 1.165) is 16.8 Å². The Labute approximate surface area is 163 Å². The van der Waals surface area contributed by atoms with Crippen LogP contribution in [0.4, 0.5) is 5.82 Å². The average Bonchev–Trinajstić information content (AvgIpc) is 2.76. The van der Waals surface area contributed by atoms with Crippen molar-refractivity contribution in [2.45, 2.75) is 0 Å². The normalized spacial score (nSPS) is 10.9. The van der Waals surface area contributed by atoms with E-state index in [0.29, 0.717) is 17.2 Å². The quantitative estimate of drug-likeness (QED) is 0.387. The van der Waals surface area contributed by atoms with Crippen LogP contribution in [-0.2, 0) is 0 Å². The molecule has 4 rings (SSSR count). The van der Waals surface area contributed by atoms with Crippen molar-refractivity contribution in [1.82, 2.24) is 9.97 Å². The highest BCUT2D eigenvalue weighted by atomic mass is 16.3. The van der Waals surface area contributed by atoms with E-state index in [1.54, 1.807) is 24.4 Å². The Morgan fingerprint density at radius 1 is 0.750 bits per heavy atom. The predicted molar refractivity (Wildman–Crippen MR) is 112 cm³/mol. The number of nitrogens with zero attached hydrogens (tertiary/aromatic N) is 3. The monoisotopic (exact) mass is 366 g/mol. The molecule has 0 aliphatic carbocycles. The second kappa shape index (κ2) is 8.14. The summed E-state index contributed by atoms with van der Waals surface area (Å²) in [6.45, 7) is 0. The lowest BCUT2D eigenvalue weighted by atomic mass is 10.1. The number of nitrogens with one attached hydrogen (secondary N) is 1. The standard InChI is InChI=1S/C23H18N4O/c28-21-14-8-7-13-19(21)16-24-27-22-15-20(17-9-3-1-4-10-17)25-23(26-22)18-11-5-2-6-12-18/h1-16,28H,(H,25,26,27)/b24-16+. The van der Waals surface area contributed by atoms with Gasteiger partial charge in [-0.2, -0.15) is 5.10 Å². The third kappa shape index (κ3) is 4.04. The number of para-hydroxylation sites is 1. The number of aromatic hydroxyl groups is 1. The van der Waals surface area contributed by atoms with Crippen molar-refractivity contribution < 1.29 is 5.11 Å². The molecule has 0 radical (unpaired) electrons. The molecule has 1 aromatic heterocycles. The maximum absolute atomic E-state index is 9.85. The average molecular weight is 366 g/mol. The summed E-state index contributed by atoms with van der Waals surface area (Å²) >= 11 is 0. The molecule has 0 spiro atoms. The van der Waals surface area contributed by atoms with Crippen LogP contribution in [-0.4, -0.2) is 21.3 Å². The number of hydrogen-bond donors (Lipinski definition) is 2. The first-order valence-corrected chi connectivity index (χ1v) is 8.86. The van der Waals surface area contributed by atoms with E-state index in [1.807, 2.05) is 72.8 Å². The molecule has 5 nitrogen and oxygen atoms in total. The van der Waals surface area contributed by atoms with Crippen LogP contribution in [0.5, 0.6) is 5.75 Å². The molecule has 0 unspecified atom stereocenters. The summed E-state index contributed by atoms with van der Waals surface area (Å²) in [6.07, 6.45) is 1.56. The summed E-state index contributed by atoms with van der Waals surface area (Å²) in [6, 6.07) is 28.6. The van der Waals surface area contributed by atoms with Gasteiger partial charge in [0, 0.05) is 22.8 Å². The Morgan fingerprint density at radius 3 is 2.11 bits per heavy atom. The van der Waals surface area contributed by atoms with Gasteiger partial charge in [0.25, 0.3) is 0 Å². The van der Waals surface area contributed by atoms with E-state index >= 15 is 0 Å². The number of rotatable bonds is 5.